The fourth-order valence-corrected chi connectivity index (χ4v) is 1.47. The van der Waals surface area contributed by atoms with Gasteiger partial charge in [0.2, 0.25) is 5.91 Å². The number of amides is 1. The summed E-state index contributed by atoms with van der Waals surface area (Å²) in [6.07, 6.45) is 1.69. The Morgan fingerprint density at radius 1 is 1.42 bits per heavy atom. The second kappa shape index (κ2) is 6.53. The Labute approximate surface area is 109 Å². The molecule has 0 unspecified atom stereocenters. The van der Waals surface area contributed by atoms with Crippen molar-refractivity contribution in [3.63, 3.8) is 0 Å². The molecule has 5 nitrogen and oxygen atoms in total. The predicted octanol–water partition coefficient (Wildman–Crippen LogP) is 1.43. The number of benzene rings is 1. The molecule has 102 valence electrons. The molecule has 1 rings (SSSR count). The highest BCUT2D eigenvalue weighted by atomic mass is 19.1. The van der Waals surface area contributed by atoms with Crippen LogP contribution in [0.1, 0.15) is 5.56 Å². The maximum atomic E-state index is 13.1. The highest BCUT2D eigenvalue weighted by Gasteiger charge is 2.11. The number of halogens is 1. The van der Waals surface area contributed by atoms with Crippen LogP contribution < -0.4 is 4.74 Å². The van der Waals surface area contributed by atoms with Gasteiger partial charge in [-0.25, -0.2) is 9.18 Å². The molecular weight excluding hydrogens is 253 g/mol. The predicted molar refractivity (Wildman–Crippen MR) is 66.2 cm³/mol. The first-order valence-corrected chi connectivity index (χ1v) is 5.42. The summed E-state index contributed by atoms with van der Waals surface area (Å²) in [5, 5.41) is 8.43. The molecule has 0 radical (unpaired) electrons. The molecule has 0 aromatic heterocycles. The number of ether oxygens (including phenoxy) is 1. The van der Waals surface area contributed by atoms with Crippen LogP contribution in [-0.4, -0.2) is 36.0 Å². The third-order valence-electron chi connectivity index (χ3n) is 2.39. The largest absolute Gasteiger partial charge is 0.496 e. The van der Waals surface area contributed by atoms with E-state index in [9.17, 15) is 14.0 Å². The number of methoxy groups -OCH3 is 1. The summed E-state index contributed by atoms with van der Waals surface area (Å²) >= 11 is 0. The minimum atomic E-state index is -1.20. The molecule has 1 amide bonds. The first-order chi connectivity index (χ1) is 8.93. The average Bonchev–Trinajstić information content (AvgIpc) is 2.36. The van der Waals surface area contributed by atoms with Crippen molar-refractivity contribution in [3.8, 4) is 5.75 Å². The molecule has 0 aliphatic carbocycles. The van der Waals surface area contributed by atoms with Crippen molar-refractivity contribution in [1.82, 2.24) is 4.90 Å². The zero-order chi connectivity index (χ0) is 14.4. The summed E-state index contributed by atoms with van der Waals surface area (Å²) in [4.78, 5) is 23.1. The van der Waals surface area contributed by atoms with Gasteiger partial charge in [0, 0.05) is 31.3 Å². The third kappa shape index (κ3) is 4.42. The first-order valence-electron chi connectivity index (χ1n) is 5.42. The lowest BCUT2D eigenvalue weighted by Crippen LogP contribution is -2.24. The number of rotatable bonds is 5. The molecule has 0 atom stereocenters. The van der Waals surface area contributed by atoms with E-state index >= 15 is 0 Å². The average molecular weight is 267 g/mol. The number of nitrogens with zero attached hydrogens (tertiary/aromatic N) is 1. The smallest absolute Gasteiger partial charge is 0.328 e. The van der Waals surface area contributed by atoms with Crippen LogP contribution in [-0.2, 0) is 16.1 Å². The summed E-state index contributed by atoms with van der Waals surface area (Å²) in [6, 6.07) is 3.99. The number of carbonyl (C=O) groups excluding carboxylic acids is 1. The van der Waals surface area contributed by atoms with Gasteiger partial charge in [-0.15, -0.1) is 0 Å². The molecule has 0 heterocycles. The van der Waals surface area contributed by atoms with E-state index in [0.717, 1.165) is 12.2 Å². The van der Waals surface area contributed by atoms with Gasteiger partial charge in [0.1, 0.15) is 11.6 Å². The van der Waals surface area contributed by atoms with Crippen molar-refractivity contribution < 1.29 is 23.8 Å². The van der Waals surface area contributed by atoms with Gasteiger partial charge in [0.25, 0.3) is 0 Å². The van der Waals surface area contributed by atoms with Gasteiger partial charge in [0.15, 0.2) is 0 Å². The van der Waals surface area contributed by atoms with E-state index in [0.29, 0.717) is 11.3 Å². The molecule has 0 aliphatic heterocycles. The summed E-state index contributed by atoms with van der Waals surface area (Å²) in [6.45, 7) is 0.115. The summed E-state index contributed by atoms with van der Waals surface area (Å²) in [5.41, 5.74) is 0.502. The van der Waals surface area contributed by atoms with Crippen molar-refractivity contribution in [2.24, 2.45) is 0 Å². The van der Waals surface area contributed by atoms with Crippen LogP contribution in [0.3, 0.4) is 0 Å². The van der Waals surface area contributed by atoms with E-state index in [-0.39, 0.29) is 6.54 Å². The van der Waals surface area contributed by atoms with Crippen LogP contribution in [0.5, 0.6) is 5.75 Å². The van der Waals surface area contributed by atoms with E-state index in [1.807, 2.05) is 0 Å². The van der Waals surface area contributed by atoms with E-state index in [2.05, 4.69) is 0 Å². The monoisotopic (exact) mass is 267 g/mol. The molecule has 0 saturated heterocycles. The Bertz CT molecular complexity index is 513. The number of carboxylic acids is 1. The molecule has 1 aromatic rings. The molecule has 0 saturated carbocycles. The summed E-state index contributed by atoms with van der Waals surface area (Å²) in [7, 11) is 2.93. The Kier molecular flexibility index (Phi) is 5.05. The molecular formula is C13H14FNO4. The molecule has 6 heteroatoms. The van der Waals surface area contributed by atoms with Gasteiger partial charge in [0.05, 0.1) is 7.11 Å². The molecule has 0 spiro atoms. The van der Waals surface area contributed by atoms with E-state index in [1.54, 1.807) is 0 Å². The maximum absolute atomic E-state index is 13.1. The highest BCUT2D eigenvalue weighted by Crippen LogP contribution is 2.20. The topological polar surface area (TPSA) is 66.8 Å². The standard InChI is InChI=1S/C13H14FNO4/c1-15(12(16)5-6-13(17)18)8-9-7-10(14)3-4-11(9)19-2/h3-7H,8H2,1-2H3,(H,17,18)/b6-5+. The molecule has 0 aliphatic rings. The van der Waals surface area contributed by atoms with Crippen LogP contribution in [0.4, 0.5) is 4.39 Å². The summed E-state index contributed by atoms with van der Waals surface area (Å²) in [5.74, 6) is -1.67. The van der Waals surface area contributed by atoms with Gasteiger partial charge in [-0.3, -0.25) is 4.79 Å². The van der Waals surface area contributed by atoms with Crippen LogP contribution >= 0.6 is 0 Å². The third-order valence-corrected chi connectivity index (χ3v) is 2.39. The molecule has 1 N–H and O–H groups in total. The number of likely N-dealkylation sites (N-methyl/N-ethyl adjacent to an activating group) is 1. The number of hydrogen-bond donors (Lipinski definition) is 1. The second-order valence-corrected chi connectivity index (χ2v) is 3.82. The van der Waals surface area contributed by atoms with Gasteiger partial charge >= 0.3 is 5.97 Å². The normalized spacial score (nSPS) is 10.5. The highest BCUT2D eigenvalue weighted by molar-refractivity contribution is 5.93. The maximum Gasteiger partial charge on any atom is 0.328 e. The Hall–Kier alpha value is -2.37. The van der Waals surface area contributed by atoms with Gasteiger partial charge in [-0.2, -0.15) is 0 Å². The molecule has 0 fully saturated rings. The molecule has 0 bridgehead atoms. The fraction of sp³-hybridized carbons (Fsp3) is 0.231. The van der Waals surface area contributed by atoms with Crippen LogP contribution in [0, 0.1) is 5.82 Å². The quantitative estimate of drug-likeness (QED) is 0.820. The Morgan fingerprint density at radius 2 is 2.11 bits per heavy atom. The van der Waals surface area contributed by atoms with Crippen molar-refractivity contribution in [2.75, 3.05) is 14.2 Å². The van der Waals surface area contributed by atoms with Crippen molar-refractivity contribution in [2.45, 2.75) is 6.54 Å². The number of carboxylic acid groups (broad SMARTS) is 1. The number of aliphatic carboxylic acids is 1. The van der Waals surface area contributed by atoms with Crippen LogP contribution in [0.15, 0.2) is 30.4 Å². The molecule has 19 heavy (non-hydrogen) atoms. The van der Waals surface area contributed by atoms with E-state index < -0.39 is 17.7 Å². The van der Waals surface area contributed by atoms with E-state index in [1.165, 1.54) is 37.3 Å². The Balaban J connectivity index is 2.81. The van der Waals surface area contributed by atoms with Crippen LogP contribution in [0.2, 0.25) is 0 Å². The van der Waals surface area contributed by atoms with Gasteiger partial charge < -0.3 is 14.7 Å². The van der Waals surface area contributed by atoms with E-state index in [4.69, 9.17) is 9.84 Å². The minimum absolute atomic E-state index is 0.115. The number of carbonyl (C=O) groups is 2. The minimum Gasteiger partial charge on any atom is -0.496 e. The lowest BCUT2D eigenvalue weighted by atomic mass is 10.2. The van der Waals surface area contributed by atoms with Crippen LogP contribution in [0.25, 0.3) is 0 Å². The summed E-state index contributed by atoms with van der Waals surface area (Å²) < 4.78 is 18.2. The lowest BCUT2D eigenvalue weighted by Gasteiger charge is -2.17. The lowest BCUT2D eigenvalue weighted by molar-refractivity contribution is -0.132. The second-order valence-electron chi connectivity index (χ2n) is 3.82. The Morgan fingerprint density at radius 3 is 2.68 bits per heavy atom. The zero-order valence-corrected chi connectivity index (χ0v) is 10.6. The van der Waals surface area contributed by atoms with Gasteiger partial charge in [-0.05, 0) is 18.2 Å². The zero-order valence-electron chi connectivity index (χ0n) is 10.6. The molecule has 1 aromatic carbocycles. The first kappa shape index (κ1) is 14.7. The van der Waals surface area contributed by atoms with Gasteiger partial charge in [-0.1, -0.05) is 0 Å². The number of hydrogen-bond acceptors (Lipinski definition) is 3. The SMILES string of the molecule is COc1ccc(F)cc1CN(C)C(=O)/C=C/C(=O)O. The van der Waals surface area contributed by atoms with Crippen molar-refractivity contribution in [3.05, 3.63) is 41.7 Å². The fourth-order valence-electron chi connectivity index (χ4n) is 1.47. The van der Waals surface area contributed by atoms with Crippen molar-refractivity contribution in [1.29, 1.82) is 0 Å². The van der Waals surface area contributed by atoms with Crippen molar-refractivity contribution >= 4 is 11.9 Å².